The number of nitrogens with zero attached hydrogens (tertiary/aromatic N) is 2. The van der Waals surface area contributed by atoms with Crippen molar-refractivity contribution in [3.05, 3.63) is 34.4 Å². The molecule has 0 atom stereocenters. The number of aryl methyl sites for hydroxylation is 1. The molecule has 0 aromatic carbocycles. The number of nitrogens with two attached hydrogens (primary N) is 1. The summed E-state index contributed by atoms with van der Waals surface area (Å²) in [5, 5.41) is 6.26. The Bertz CT molecular complexity index is 452. The molecule has 2 aromatic rings. The van der Waals surface area contributed by atoms with Crippen molar-refractivity contribution in [3.8, 4) is 0 Å². The van der Waals surface area contributed by atoms with Crippen LogP contribution < -0.4 is 11.1 Å². The second-order valence-corrected chi connectivity index (χ2v) is 4.15. The van der Waals surface area contributed by atoms with E-state index in [1.54, 1.807) is 29.7 Å². The second kappa shape index (κ2) is 4.27. The molecule has 0 amide bonds. The molecule has 0 unspecified atom stereocenters. The lowest BCUT2D eigenvalue weighted by atomic mass is 10.4. The minimum Gasteiger partial charge on any atom is -0.399 e. The highest BCUT2D eigenvalue weighted by Crippen LogP contribution is 2.12. The van der Waals surface area contributed by atoms with E-state index in [9.17, 15) is 0 Å². The summed E-state index contributed by atoms with van der Waals surface area (Å²) >= 11 is 1.64. The lowest BCUT2D eigenvalue weighted by Crippen LogP contribution is -2.01. The fraction of sp³-hybridized carbons (Fsp3) is 0.200. The van der Waals surface area contributed by atoms with Gasteiger partial charge in [0.15, 0.2) is 0 Å². The predicted octanol–water partition coefficient (Wildman–Crippen LogP) is 2.04. The van der Waals surface area contributed by atoms with Crippen molar-refractivity contribution < 1.29 is 0 Å². The van der Waals surface area contributed by atoms with E-state index in [0.29, 0.717) is 12.2 Å². The molecule has 0 aliphatic carbocycles. The van der Waals surface area contributed by atoms with Crippen molar-refractivity contribution in [1.29, 1.82) is 0 Å². The smallest absolute Gasteiger partial charge is 0.128 e. The largest absolute Gasteiger partial charge is 0.399 e. The van der Waals surface area contributed by atoms with Gasteiger partial charge in [0.05, 0.1) is 6.54 Å². The molecule has 0 aliphatic rings. The zero-order chi connectivity index (χ0) is 10.7. The van der Waals surface area contributed by atoms with E-state index >= 15 is 0 Å². The van der Waals surface area contributed by atoms with Gasteiger partial charge in [0.2, 0.25) is 0 Å². The molecule has 0 aliphatic heterocycles. The Kier molecular flexibility index (Phi) is 2.82. The van der Waals surface area contributed by atoms with Crippen molar-refractivity contribution in [2.75, 3.05) is 11.1 Å². The number of aromatic nitrogens is 2. The molecule has 0 radical (unpaired) electrons. The van der Waals surface area contributed by atoms with E-state index in [2.05, 4.69) is 15.3 Å². The Morgan fingerprint density at radius 1 is 1.53 bits per heavy atom. The van der Waals surface area contributed by atoms with E-state index in [-0.39, 0.29) is 0 Å². The molecular formula is C10H12N4S. The molecule has 0 saturated heterocycles. The molecule has 5 heteroatoms. The maximum absolute atomic E-state index is 5.64. The van der Waals surface area contributed by atoms with Crippen LogP contribution >= 0.6 is 11.3 Å². The van der Waals surface area contributed by atoms with E-state index in [1.807, 2.05) is 12.3 Å². The lowest BCUT2D eigenvalue weighted by molar-refractivity contribution is 1.06. The molecular weight excluding hydrogens is 208 g/mol. The fourth-order valence-corrected chi connectivity index (χ4v) is 1.91. The number of hydrogen-bond acceptors (Lipinski definition) is 5. The third-order valence-corrected chi connectivity index (χ3v) is 2.84. The third kappa shape index (κ3) is 2.66. The highest BCUT2D eigenvalue weighted by Gasteiger charge is 1.99. The van der Waals surface area contributed by atoms with Crippen molar-refractivity contribution in [1.82, 2.24) is 9.97 Å². The van der Waals surface area contributed by atoms with Crippen LogP contribution in [0, 0.1) is 6.92 Å². The highest BCUT2D eigenvalue weighted by atomic mass is 32.1. The maximum Gasteiger partial charge on any atom is 0.128 e. The van der Waals surface area contributed by atoms with Crippen LogP contribution in [0.3, 0.4) is 0 Å². The summed E-state index contributed by atoms with van der Waals surface area (Å²) in [4.78, 5) is 8.49. The van der Waals surface area contributed by atoms with Gasteiger partial charge in [-0.05, 0) is 13.0 Å². The van der Waals surface area contributed by atoms with Crippen molar-refractivity contribution >= 4 is 22.8 Å². The Balaban J connectivity index is 1.99. The number of pyridine rings is 1. The second-order valence-electron chi connectivity index (χ2n) is 3.21. The van der Waals surface area contributed by atoms with Crippen LogP contribution in [-0.2, 0) is 6.54 Å². The molecule has 2 rings (SSSR count). The number of thiazole rings is 1. The molecule has 0 fully saturated rings. The molecule has 78 valence electrons. The maximum atomic E-state index is 5.64. The molecule has 2 aromatic heterocycles. The van der Waals surface area contributed by atoms with Gasteiger partial charge in [-0.3, -0.25) is 0 Å². The summed E-state index contributed by atoms with van der Waals surface area (Å²) in [7, 11) is 0. The first-order valence-corrected chi connectivity index (χ1v) is 5.48. The summed E-state index contributed by atoms with van der Waals surface area (Å²) in [5.74, 6) is 0.780. The van der Waals surface area contributed by atoms with Gasteiger partial charge in [0.1, 0.15) is 10.8 Å². The Hall–Kier alpha value is -1.62. The third-order valence-electron chi connectivity index (χ3n) is 1.87. The van der Waals surface area contributed by atoms with Gasteiger partial charge < -0.3 is 11.1 Å². The lowest BCUT2D eigenvalue weighted by Gasteiger charge is -2.03. The Morgan fingerprint density at radius 3 is 3.07 bits per heavy atom. The number of hydrogen-bond donors (Lipinski definition) is 2. The molecule has 2 heterocycles. The van der Waals surface area contributed by atoms with E-state index in [1.165, 1.54) is 0 Å². The van der Waals surface area contributed by atoms with Crippen molar-refractivity contribution in [2.24, 2.45) is 0 Å². The summed E-state index contributed by atoms with van der Waals surface area (Å²) < 4.78 is 0. The minimum absolute atomic E-state index is 0.689. The predicted molar refractivity (Wildman–Crippen MR) is 62.8 cm³/mol. The van der Waals surface area contributed by atoms with E-state index in [0.717, 1.165) is 16.5 Å². The molecule has 0 spiro atoms. The average molecular weight is 220 g/mol. The topological polar surface area (TPSA) is 63.8 Å². The number of anilines is 2. The van der Waals surface area contributed by atoms with E-state index < -0.39 is 0 Å². The van der Waals surface area contributed by atoms with Crippen LogP contribution in [-0.4, -0.2) is 9.97 Å². The van der Waals surface area contributed by atoms with Gasteiger partial charge in [0.25, 0.3) is 0 Å². The van der Waals surface area contributed by atoms with Gasteiger partial charge in [-0.25, -0.2) is 9.97 Å². The Labute approximate surface area is 92.2 Å². The number of nitrogen functional groups attached to an aromatic ring is 1. The van der Waals surface area contributed by atoms with Gasteiger partial charge >= 0.3 is 0 Å². The van der Waals surface area contributed by atoms with Crippen LogP contribution in [0.15, 0.2) is 23.7 Å². The number of rotatable bonds is 3. The molecule has 0 bridgehead atoms. The normalized spacial score (nSPS) is 10.2. The van der Waals surface area contributed by atoms with Gasteiger partial charge in [-0.15, -0.1) is 11.3 Å². The van der Waals surface area contributed by atoms with Crippen LogP contribution in [0.1, 0.15) is 10.7 Å². The first kappa shape index (κ1) is 9.92. The zero-order valence-corrected chi connectivity index (χ0v) is 9.21. The van der Waals surface area contributed by atoms with Gasteiger partial charge in [-0.2, -0.15) is 0 Å². The standard InChI is InChI=1S/C10H12N4S/c1-7-6-15-10(14-7)5-13-9-4-8(11)2-3-12-9/h2-4,6H,5H2,1H3,(H3,11,12,13). The molecule has 4 nitrogen and oxygen atoms in total. The first-order chi connectivity index (χ1) is 7.24. The van der Waals surface area contributed by atoms with Crippen LogP contribution in [0.25, 0.3) is 0 Å². The van der Waals surface area contributed by atoms with Crippen LogP contribution in [0.5, 0.6) is 0 Å². The number of nitrogens with one attached hydrogen (secondary N) is 1. The summed E-state index contributed by atoms with van der Waals surface area (Å²) in [6, 6.07) is 3.57. The van der Waals surface area contributed by atoms with Crippen LogP contribution in [0.4, 0.5) is 11.5 Å². The molecule has 3 N–H and O–H groups in total. The Morgan fingerprint density at radius 2 is 2.40 bits per heavy atom. The van der Waals surface area contributed by atoms with Crippen LogP contribution in [0.2, 0.25) is 0 Å². The molecule has 15 heavy (non-hydrogen) atoms. The van der Waals surface area contributed by atoms with Gasteiger partial charge in [-0.1, -0.05) is 0 Å². The van der Waals surface area contributed by atoms with E-state index in [4.69, 9.17) is 5.73 Å². The highest BCUT2D eigenvalue weighted by molar-refractivity contribution is 7.09. The van der Waals surface area contributed by atoms with Gasteiger partial charge in [0, 0.05) is 29.0 Å². The molecule has 0 saturated carbocycles. The SMILES string of the molecule is Cc1csc(CNc2cc(N)ccn2)n1. The minimum atomic E-state index is 0.689. The fourth-order valence-electron chi connectivity index (χ4n) is 1.19. The van der Waals surface area contributed by atoms with Crippen molar-refractivity contribution in [2.45, 2.75) is 13.5 Å². The summed E-state index contributed by atoms with van der Waals surface area (Å²) in [5.41, 5.74) is 7.40. The first-order valence-electron chi connectivity index (χ1n) is 4.60. The summed E-state index contributed by atoms with van der Waals surface area (Å²) in [6.07, 6.45) is 1.69. The van der Waals surface area contributed by atoms with Crippen molar-refractivity contribution in [3.63, 3.8) is 0 Å². The average Bonchev–Trinajstić information content (AvgIpc) is 2.62. The summed E-state index contributed by atoms with van der Waals surface area (Å²) in [6.45, 7) is 2.67. The monoisotopic (exact) mass is 220 g/mol. The quantitative estimate of drug-likeness (QED) is 0.830. The zero-order valence-electron chi connectivity index (χ0n) is 8.40.